The average Bonchev–Trinajstić information content (AvgIpc) is 2.67. The number of carbonyl (C=O) groups excluding carboxylic acids is 2. The number of hydrogen-bond acceptors (Lipinski definition) is 4. The number of hydrogen-bond donors (Lipinski definition) is 2. The summed E-state index contributed by atoms with van der Waals surface area (Å²) in [5.74, 6) is 0.251. The molecule has 6 nitrogen and oxygen atoms in total. The maximum Gasteiger partial charge on any atom is 0.259 e. The fourth-order valence-electron chi connectivity index (χ4n) is 2.74. The number of likely N-dealkylation sites (N-methyl/N-ethyl adjacent to an activating group) is 1. The van der Waals surface area contributed by atoms with Crippen LogP contribution in [-0.2, 0) is 15.0 Å². The van der Waals surface area contributed by atoms with Gasteiger partial charge in [-0.3, -0.25) is 9.59 Å². The molecule has 6 heteroatoms. The molecule has 0 spiro atoms. The summed E-state index contributed by atoms with van der Waals surface area (Å²) in [6, 6.07) is 13.0. The lowest BCUT2D eigenvalue weighted by Crippen LogP contribution is -2.32. The standard InChI is InChI=1S/C24H33N3O3/c1-16-8-13-20(21(14-16)30-15-22(28)27(6)7)25-17(2)23(29)26-19-11-9-18(10-12-19)24(3,4)5/h8-14,17,25H,15H2,1-7H3,(H,26,29). The fourth-order valence-corrected chi connectivity index (χ4v) is 2.74. The quantitative estimate of drug-likeness (QED) is 0.716. The van der Waals surface area contributed by atoms with Crippen molar-refractivity contribution in [2.75, 3.05) is 31.3 Å². The number of benzene rings is 2. The molecular weight excluding hydrogens is 378 g/mol. The van der Waals surface area contributed by atoms with E-state index in [2.05, 4.69) is 31.4 Å². The van der Waals surface area contributed by atoms with Gasteiger partial charge in [0.05, 0.1) is 5.69 Å². The molecule has 2 aromatic carbocycles. The minimum atomic E-state index is -0.498. The molecule has 0 saturated heterocycles. The van der Waals surface area contributed by atoms with Crippen LogP contribution in [0.4, 0.5) is 11.4 Å². The first-order valence-electron chi connectivity index (χ1n) is 10.1. The van der Waals surface area contributed by atoms with Gasteiger partial charge in [-0.25, -0.2) is 0 Å². The van der Waals surface area contributed by atoms with Gasteiger partial charge in [0.1, 0.15) is 11.8 Å². The Morgan fingerprint density at radius 2 is 1.70 bits per heavy atom. The number of ether oxygens (including phenoxy) is 1. The number of nitrogens with zero attached hydrogens (tertiary/aromatic N) is 1. The largest absolute Gasteiger partial charge is 0.482 e. The molecule has 0 aliphatic rings. The molecule has 0 aliphatic carbocycles. The van der Waals surface area contributed by atoms with E-state index in [0.29, 0.717) is 11.4 Å². The number of carbonyl (C=O) groups is 2. The molecule has 1 unspecified atom stereocenters. The topological polar surface area (TPSA) is 70.7 Å². The molecule has 0 fully saturated rings. The second-order valence-electron chi connectivity index (χ2n) is 8.76. The summed E-state index contributed by atoms with van der Waals surface area (Å²) in [6.45, 7) is 10.1. The van der Waals surface area contributed by atoms with Crippen molar-refractivity contribution in [1.82, 2.24) is 4.90 Å². The van der Waals surface area contributed by atoms with Gasteiger partial charge in [0, 0.05) is 19.8 Å². The molecule has 2 amide bonds. The molecule has 0 heterocycles. The third-order valence-corrected chi connectivity index (χ3v) is 4.77. The highest BCUT2D eigenvalue weighted by atomic mass is 16.5. The first kappa shape index (κ1) is 23.3. The molecule has 1 atom stereocenters. The van der Waals surface area contributed by atoms with E-state index in [4.69, 9.17) is 4.74 Å². The normalized spacial score (nSPS) is 12.1. The Labute approximate surface area is 179 Å². The first-order chi connectivity index (χ1) is 14.0. The molecular formula is C24H33N3O3. The van der Waals surface area contributed by atoms with Crippen LogP contribution in [-0.4, -0.2) is 43.5 Å². The SMILES string of the molecule is Cc1ccc(NC(C)C(=O)Nc2ccc(C(C)(C)C)cc2)c(OCC(=O)N(C)C)c1. The Hall–Kier alpha value is -3.02. The summed E-state index contributed by atoms with van der Waals surface area (Å²) >= 11 is 0. The Balaban J connectivity index is 2.05. The van der Waals surface area contributed by atoms with Gasteiger partial charge in [0.25, 0.3) is 5.91 Å². The number of amides is 2. The van der Waals surface area contributed by atoms with Gasteiger partial charge in [-0.05, 0) is 54.7 Å². The third-order valence-electron chi connectivity index (χ3n) is 4.77. The van der Waals surface area contributed by atoms with Crippen molar-refractivity contribution >= 4 is 23.2 Å². The molecule has 0 saturated carbocycles. The summed E-state index contributed by atoms with van der Waals surface area (Å²) in [7, 11) is 3.36. The Morgan fingerprint density at radius 3 is 2.27 bits per heavy atom. The zero-order valence-electron chi connectivity index (χ0n) is 19.0. The molecule has 0 bridgehead atoms. The lowest BCUT2D eigenvalue weighted by atomic mass is 9.87. The van der Waals surface area contributed by atoms with E-state index in [0.717, 1.165) is 11.3 Å². The highest BCUT2D eigenvalue weighted by Crippen LogP contribution is 2.27. The van der Waals surface area contributed by atoms with Crippen LogP contribution in [0.25, 0.3) is 0 Å². The van der Waals surface area contributed by atoms with Crippen molar-refractivity contribution in [3.05, 3.63) is 53.6 Å². The lowest BCUT2D eigenvalue weighted by molar-refractivity contribution is -0.130. The van der Waals surface area contributed by atoms with E-state index >= 15 is 0 Å². The minimum absolute atomic E-state index is 0.0627. The smallest absolute Gasteiger partial charge is 0.259 e. The summed E-state index contributed by atoms with van der Waals surface area (Å²) in [4.78, 5) is 26.0. The number of rotatable bonds is 7. The summed E-state index contributed by atoms with van der Waals surface area (Å²) in [5.41, 5.74) is 3.69. The van der Waals surface area contributed by atoms with Crippen LogP contribution in [0.15, 0.2) is 42.5 Å². The highest BCUT2D eigenvalue weighted by molar-refractivity contribution is 5.96. The third kappa shape index (κ3) is 6.51. The second-order valence-corrected chi connectivity index (χ2v) is 8.76. The predicted molar refractivity (Wildman–Crippen MR) is 122 cm³/mol. The molecule has 2 aromatic rings. The Bertz CT molecular complexity index is 884. The maximum atomic E-state index is 12.7. The van der Waals surface area contributed by atoms with Crippen molar-refractivity contribution in [3.63, 3.8) is 0 Å². The molecule has 0 aliphatic heterocycles. The lowest BCUT2D eigenvalue weighted by Gasteiger charge is -2.20. The van der Waals surface area contributed by atoms with E-state index in [1.807, 2.05) is 49.4 Å². The van der Waals surface area contributed by atoms with Gasteiger partial charge in [-0.1, -0.05) is 39.0 Å². The maximum absolute atomic E-state index is 12.7. The van der Waals surface area contributed by atoms with E-state index in [9.17, 15) is 9.59 Å². The monoisotopic (exact) mass is 411 g/mol. The molecule has 2 N–H and O–H groups in total. The van der Waals surface area contributed by atoms with Crippen molar-refractivity contribution in [3.8, 4) is 5.75 Å². The Kier molecular flexibility index (Phi) is 7.48. The van der Waals surface area contributed by atoms with E-state index < -0.39 is 6.04 Å². The van der Waals surface area contributed by atoms with Crippen LogP contribution < -0.4 is 15.4 Å². The van der Waals surface area contributed by atoms with Gasteiger partial charge in [0.15, 0.2) is 6.61 Å². The minimum Gasteiger partial charge on any atom is -0.482 e. The summed E-state index contributed by atoms with van der Waals surface area (Å²) in [6.07, 6.45) is 0. The van der Waals surface area contributed by atoms with Gasteiger partial charge in [-0.15, -0.1) is 0 Å². The molecule has 162 valence electrons. The zero-order chi connectivity index (χ0) is 22.5. The van der Waals surface area contributed by atoms with Gasteiger partial charge in [0.2, 0.25) is 5.91 Å². The van der Waals surface area contributed by atoms with E-state index in [-0.39, 0.29) is 23.8 Å². The number of nitrogens with one attached hydrogen (secondary N) is 2. The average molecular weight is 412 g/mol. The first-order valence-corrected chi connectivity index (χ1v) is 10.1. The van der Waals surface area contributed by atoms with Gasteiger partial charge < -0.3 is 20.3 Å². The van der Waals surface area contributed by atoms with E-state index in [1.54, 1.807) is 21.0 Å². The van der Waals surface area contributed by atoms with Crippen molar-refractivity contribution < 1.29 is 14.3 Å². The summed E-state index contributed by atoms with van der Waals surface area (Å²) < 4.78 is 5.70. The highest BCUT2D eigenvalue weighted by Gasteiger charge is 2.17. The fraction of sp³-hybridized carbons (Fsp3) is 0.417. The van der Waals surface area contributed by atoms with Crippen LogP contribution in [0.3, 0.4) is 0 Å². The number of aryl methyl sites for hydroxylation is 1. The summed E-state index contributed by atoms with van der Waals surface area (Å²) in [5, 5.41) is 6.12. The molecule has 30 heavy (non-hydrogen) atoms. The molecule has 0 aromatic heterocycles. The zero-order valence-corrected chi connectivity index (χ0v) is 19.0. The van der Waals surface area contributed by atoms with Gasteiger partial charge in [-0.2, -0.15) is 0 Å². The van der Waals surface area contributed by atoms with Crippen molar-refractivity contribution in [2.24, 2.45) is 0 Å². The Morgan fingerprint density at radius 1 is 1.07 bits per heavy atom. The van der Waals surface area contributed by atoms with Crippen molar-refractivity contribution in [2.45, 2.75) is 46.1 Å². The van der Waals surface area contributed by atoms with Crippen LogP contribution in [0.5, 0.6) is 5.75 Å². The number of anilines is 2. The second kappa shape index (κ2) is 9.65. The van der Waals surface area contributed by atoms with Crippen LogP contribution in [0.1, 0.15) is 38.8 Å². The van der Waals surface area contributed by atoms with E-state index in [1.165, 1.54) is 10.5 Å². The van der Waals surface area contributed by atoms with Crippen LogP contribution >= 0.6 is 0 Å². The molecule has 0 radical (unpaired) electrons. The van der Waals surface area contributed by atoms with Gasteiger partial charge >= 0.3 is 0 Å². The van der Waals surface area contributed by atoms with Crippen molar-refractivity contribution in [1.29, 1.82) is 0 Å². The van der Waals surface area contributed by atoms with Crippen LogP contribution in [0.2, 0.25) is 0 Å². The van der Waals surface area contributed by atoms with Crippen LogP contribution in [0, 0.1) is 6.92 Å². The predicted octanol–water partition coefficient (Wildman–Crippen LogP) is 4.20. The molecule has 2 rings (SSSR count).